The second kappa shape index (κ2) is 3.31. The number of aromatic nitrogens is 1. The van der Waals surface area contributed by atoms with Crippen molar-refractivity contribution in [1.29, 1.82) is 0 Å². The number of ether oxygens (including phenoxy) is 2. The predicted octanol–water partition coefficient (Wildman–Crippen LogP) is 2.61. The largest absolute Gasteiger partial charge is 0.360 e. The maximum atomic E-state index is 5.83. The van der Waals surface area contributed by atoms with Crippen molar-refractivity contribution in [1.82, 2.24) is 5.16 Å². The molecule has 88 valence electrons. The molecule has 1 aromatic heterocycles. The number of halogens is 1. The van der Waals surface area contributed by atoms with E-state index in [1.165, 1.54) is 0 Å². The van der Waals surface area contributed by atoms with Crippen LogP contribution in [0.25, 0.3) is 0 Å². The van der Waals surface area contributed by atoms with Crippen LogP contribution in [0.15, 0.2) is 9.13 Å². The van der Waals surface area contributed by atoms with E-state index in [-0.39, 0.29) is 5.41 Å². The monoisotopic (exact) mass is 287 g/mol. The van der Waals surface area contributed by atoms with Gasteiger partial charge in [-0.15, -0.1) is 0 Å². The molecule has 1 aliphatic heterocycles. The molecule has 2 aliphatic rings. The van der Waals surface area contributed by atoms with Crippen molar-refractivity contribution in [3.8, 4) is 0 Å². The van der Waals surface area contributed by atoms with E-state index in [1.54, 1.807) is 0 Å². The molecule has 0 amide bonds. The van der Waals surface area contributed by atoms with Gasteiger partial charge in [0.25, 0.3) is 0 Å². The van der Waals surface area contributed by atoms with Gasteiger partial charge in [0, 0.05) is 12.8 Å². The second-order valence-corrected chi connectivity index (χ2v) is 5.99. The van der Waals surface area contributed by atoms with Gasteiger partial charge in [0.05, 0.1) is 18.8 Å². The zero-order valence-corrected chi connectivity index (χ0v) is 11.0. The summed E-state index contributed by atoms with van der Waals surface area (Å²) < 4.78 is 17.7. The zero-order chi connectivity index (χ0) is 11.4. The zero-order valence-electron chi connectivity index (χ0n) is 9.38. The molecule has 0 bridgehead atoms. The topological polar surface area (TPSA) is 44.5 Å². The first-order valence-corrected chi connectivity index (χ1v) is 6.24. The first kappa shape index (κ1) is 10.7. The van der Waals surface area contributed by atoms with Gasteiger partial charge < -0.3 is 14.0 Å². The van der Waals surface area contributed by atoms with Crippen LogP contribution in [0.3, 0.4) is 0 Å². The second-order valence-electron chi connectivity index (χ2n) is 5.24. The van der Waals surface area contributed by atoms with Gasteiger partial charge in [-0.1, -0.05) is 19.0 Å². The quantitative estimate of drug-likeness (QED) is 0.736. The molecule has 4 nitrogen and oxygen atoms in total. The molecule has 0 N–H and O–H groups in total. The van der Waals surface area contributed by atoms with E-state index >= 15 is 0 Å². The van der Waals surface area contributed by atoms with E-state index in [2.05, 4.69) is 34.9 Å². The molecule has 2 heterocycles. The predicted molar refractivity (Wildman–Crippen MR) is 59.9 cm³/mol. The fourth-order valence-corrected chi connectivity index (χ4v) is 3.30. The summed E-state index contributed by atoms with van der Waals surface area (Å²) in [6.45, 7) is 5.65. The van der Waals surface area contributed by atoms with Crippen molar-refractivity contribution in [3.05, 3.63) is 15.9 Å². The fourth-order valence-electron chi connectivity index (χ4n) is 2.71. The Bertz CT molecular complexity index is 421. The van der Waals surface area contributed by atoms with Crippen LogP contribution >= 0.6 is 15.9 Å². The van der Waals surface area contributed by atoms with Crippen LogP contribution in [-0.4, -0.2) is 18.4 Å². The van der Waals surface area contributed by atoms with Crippen LogP contribution in [-0.2, 0) is 21.7 Å². The van der Waals surface area contributed by atoms with E-state index in [9.17, 15) is 0 Å². The Kier molecular flexibility index (Phi) is 2.22. The molecule has 0 saturated carbocycles. The molecule has 1 saturated heterocycles. The Morgan fingerprint density at radius 2 is 1.94 bits per heavy atom. The van der Waals surface area contributed by atoms with Crippen molar-refractivity contribution in [3.63, 3.8) is 0 Å². The van der Waals surface area contributed by atoms with Gasteiger partial charge >= 0.3 is 0 Å². The highest BCUT2D eigenvalue weighted by molar-refractivity contribution is 9.10. The molecule has 1 spiro atoms. The number of hydrogen-bond acceptors (Lipinski definition) is 4. The van der Waals surface area contributed by atoms with E-state index < -0.39 is 5.79 Å². The SMILES string of the molecule is CC1(C)Cc2onc(Br)c2C2(C1)OCCO2. The van der Waals surface area contributed by atoms with Gasteiger partial charge in [0.15, 0.2) is 4.60 Å². The number of nitrogens with zero attached hydrogens (tertiary/aromatic N) is 1. The van der Waals surface area contributed by atoms with Gasteiger partial charge in [-0.2, -0.15) is 0 Å². The molecule has 1 fully saturated rings. The van der Waals surface area contributed by atoms with Crippen molar-refractivity contribution in [2.75, 3.05) is 13.2 Å². The van der Waals surface area contributed by atoms with Crippen LogP contribution in [0.1, 0.15) is 31.6 Å². The van der Waals surface area contributed by atoms with Crippen molar-refractivity contribution < 1.29 is 14.0 Å². The summed E-state index contributed by atoms with van der Waals surface area (Å²) >= 11 is 3.41. The standard InChI is InChI=1S/C11H14BrNO3/c1-10(2)5-7-8(9(12)13-16-7)11(6-10)14-3-4-15-11/h3-6H2,1-2H3. The summed E-state index contributed by atoms with van der Waals surface area (Å²) in [5, 5.41) is 3.96. The van der Waals surface area contributed by atoms with Crippen molar-refractivity contribution >= 4 is 15.9 Å². The summed E-state index contributed by atoms with van der Waals surface area (Å²) in [6.07, 6.45) is 1.71. The lowest BCUT2D eigenvalue weighted by Gasteiger charge is -2.39. The van der Waals surface area contributed by atoms with E-state index in [0.29, 0.717) is 17.8 Å². The Morgan fingerprint density at radius 1 is 1.25 bits per heavy atom. The lowest BCUT2D eigenvalue weighted by molar-refractivity contribution is -0.195. The molecule has 0 radical (unpaired) electrons. The van der Waals surface area contributed by atoms with Gasteiger partial charge in [0.2, 0.25) is 5.79 Å². The lowest BCUT2D eigenvalue weighted by Crippen LogP contribution is -2.39. The molecule has 1 aromatic rings. The van der Waals surface area contributed by atoms with Crippen molar-refractivity contribution in [2.24, 2.45) is 5.41 Å². The summed E-state index contributed by atoms with van der Waals surface area (Å²) in [6, 6.07) is 0. The van der Waals surface area contributed by atoms with Gasteiger partial charge in [0.1, 0.15) is 5.76 Å². The highest BCUT2D eigenvalue weighted by atomic mass is 79.9. The number of hydrogen-bond donors (Lipinski definition) is 0. The van der Waals surface area contributed by atoms with Gasteiger partial charge in [-0.3, -0.25) is 0 Å². The maximum absolute atomic E-state index is 5.83. The van der Waals surface area contributed by atoms with Crippen LogP contribution in [0.5, 0.6) is 0 Å². The lowest BCUT2D eigenvalue weighted by atomic mass is 9.74. The normalized spacial score (nSPS) is 25.9. The maximum Gasteiger partial charge on any atom is 0.201 e. The highest BCUT2D eigenvalue weighted by Gasteiger charge is 2.51. The smallest absolute Gasteiger partial charge is 0.201 e. The van der Waals surface area contributed by atoms with Gasteiger partial charge in [-0.05, 0) is 21.3 Å². The fraction of sp³-hybridized carbons (Fsp3) is 0.727. The van der Waals surface area contributed by atoms with Crippen LogP contribution in [0.4, 0.5) is 0 Å². The molecule has 1 aliphatic carbocycles. The van der Waals surface area contributed by atoms with Crippen LogP contribution in [0.2, 0.25) is 0 Å². The minimum absolute atomic E-state index is 0.107. The third kappa shape index (κ3) is 1.45. The number of rotatable bonds is 0. The summed E-state index contributed by atoms with van der Waals surface area (Å²) in [4.78, 5) is 0. The first-order valence-electron chi connectivity index (χ1n) is 5.45. The molecule has 16 heavy (non-hydrogen) atoms. The molecule has 3 rings (SSSR count). The van der Waals surface area contributed by atoms with E-state index in [1.807, 2.05) is 0 Å². The average Bonchev–Trinajstić information content (AvgIpc) is 2.73. The summed E-state index contributed by atoms with van der Waals surface area (Å²) in [5.74, 6) is 0.237. The molecule has 0 unspecified atom stereocenters. The molecular weight excluding hydrogens is 274 g/mol. The molecule has 0 atom stereocenters. The Hall–Kier alpha value is -0.390. The minimum atomic E-state index is -0.643. The Balaban J connectivity index is 2.14. The van der Waals surface area contributed by atoms with Gasteiger partial charge in [-0.25, -0.2) is 0 Å². The van der Waals surface area contributed by atoms with E-state index in [0.717, 1.165) is 24.2 Å². The first-order chi connectivity index (χ1) is 7.53. The molecule has 5 heteroatoms. The molecular formula is C11H14BrNO3. The average molecular weight is 288 g/mol. The number of fused-ring (bicyclic) bond motifs is 2. The summed E-state index contributed by atoms with van der Waals surface area (Å²) in [7, 11) is 0. The third-order valence-corrected chi connectivity index (χ3v) is 3.75. The third-order valence-electron chi connectivity index (χ3n) is 3.21. The van der Waals surface area contributed by atoms with E-state index in [4.69, 9.17) is 14.0 Å². The Morgan fingerprint density at radius 3 is 2.62 bits per heavy atom. The van der Waals surface area contributed by atoms with Crippen LogP contribution < -0.4 is 0 Å². The minimum Gasteiger partial charge on any atom is -0.360 e. The summed E-state index contributed by atoms with van der Waals surface area (Å²) in [5.41, 5.74) is 1.06. The van der Waals surface area contributed by atoms with Crippen molar-refractivity contribution in [2.45, 2.75) is 32.5 Å². The van der Waals surface area contributed by atoms with Crippen LogP contribution in [0, 0.1) is 5.41 Å². The Labute approximate surface area is 102 Å². The molecule has 0 aromatic carbocycles. The highest BCUT2D eigenvalue weighted by Crippen LogP contribution is 2.51.